The summed E-state index contributed by atoms with van der Waals surface area (Å²) in [5.41, 5.74) is 3.05. The van der Waals surface area contributed by atoms with Gasteiger partial charge >= 0.3 is 0 Å². The number of hydrogen-bond acceptors (Lipinski definition) is 4. The van der Waals surface area contributed by atoms with Crippen molar-refractivity contribution < 1.29 is 0 Å². The predicted molar refractivity (Wildman–Crippen MR) is 59.0 cm³/mol. The number of imidazole rings is 1. The molecule has 0 radical (unpaired) electrons. The molecule has 0 bridgehead atoms. The second-order valence-corrected chi connectivity index (χ2v) is 3.67. The van der Waals surface area contributed by atoms with E-state index in [-0.39, 0.29) is 0 Å². The van der Waals surface area contributed by atoms with Crippen LogP contribution in [-0.2, 0) is 0 Å². The fourth-order valence-corrected chi connectivity index (χ4v) is 2.00. The number of anilines is 1. The van der Waals surface area contributed by atoms with Crippen molar-refractivity contribution in [3.05, 3.63) is 18.6 Å². The van der Waals surface area contributed by atoms with Crippen molar-refractivity contribution in [3.63, 3.8) is 0 Å². The Morgan fingerprint density at radius 2 is 2.07 bits per heavy atom. The summed E-state index contributed by atoms with van der Waals surface area (Å²) in [6, 6.07) is 2.05. The monoisotopic (exact) mass is 203 g/mol. The number of nitrogens with one attached hydrogen (secondary N) is 2. The van der Waals surface area contributed by atoms with Crippen molar-refractivity contribution in [2.75, 3.05) is 31.1 Å². The maximum Gasteiger partial charge on any atom is 0.179 e. The Hall–Kier alpha value is -1.62. The lowest BCUT2D eigenvalue weighted by molar-refractivity contribution is 0.590. The quantitative estimate of drug-likeness (QED) is 0.703. The van der Waals surface area contributed by atoms with E-state index in [1.54, 1.807) is 6.33 Å². The van der Waals surface area contributed by atoms with Gasteiger partial charge in [-0.2, -0.15) is 0 Å². The Bertz CT molecular complexity index is 458. The fraction of sp³-hybridized carbons (Fsp3) is 0.400. The first-order chi connectivity index (χ1) is 7.45. The molecule has 3 rings (SSSR count). The summed E-state index contributed by atoms with van der Waals surface area (Å²) < 4.78 is 0. The second-order valence-electron chi connectivity index (χ2n) is 3.67. The number of H-pyrrole nitrogens is 1. The summed E-state index contributed by atoms with van der Waals surface area (Å²) in [6.07, 6.45) is 3.52. The summed E-state index contributed by atoms with van der Waals surface area (Å²) >= 11 is 0. The summed E-state index contributed by atoms with van der Waals surface area (Å²) in [7, 11) is 0. The Morgan fingerprint density at radius 1 is 1.20 bits per heavy atom. The Labute approximate surface area is 87.5 Å². The molecular weight excluding hydrogens is 190 g/mol. The molecule has 0 unspecified atom stereocenters. The average Bonchev–Trinajstić information content (AvgIpc) is 2.78. The molecule has 0 amide bonds. The van der Waals surface area contributed by atoms with Crippen LogP contribution in [0.25, 0.3) is 11.2 Å². The average molecular weight is 203 g/mol. The molecule has 78 valence electrons. The Kier molecular flexibility index (Phi) is 2.03. The number of hydrogen-bond donors (Lipinski definition) is 2. The maximum absolute atomic E-state index is 4.21. The summed E-state index contributed by atoms with van der Waals surface area (Å²) in [6.45, 7) is 4.16. The van der Waals surface area contributed by atoms with Gasteiger partial charge in [-0.3, -0.25) is 0 Å². The molecule has 0 spiro atoms. The van der Waals surface area contributed by atoms with Crippen LogP contribution in [0.5, 0.6) is 0 Å². The molecule has 5 heteroatoms. The number of piperazine rings is 1. The van der Waals surface area contributed by atoms with Gasteiger partial charge in [0.05, 0.1) is 12.0 Å². The van der Waals surface area contributed by atoms with Crippen molar-refractivity contribution >= 4 is 16.9 Å². The minimum absolute atomic E-state index is 0.797. The van der Waals surface area contributed by atoms with Crippen molar-refractivity contribution in [1.29, 1.82) is 0 Å². The molecule has 15 heavy (non-hydrogen) atoms. The van der Waals surface area contributed by atoms with E-state index in [1.807, 2.05) is 12.3 Å². The van der Waals surface area contributed by atoms with E-state index in [0.29, 0.717) is 0 Å². The Balaban J connectivity index is 2.05. The second kappa shape index (κ2) is 3.51. The minimum atomic E-state index is 0.797. The number of pyridine rings is 1. The zero-order valence-electron chi connectivity index (χ0n) is 8.40. The first-order valence-electron chi connectivity index (χ1n) is 5.19. The highest BCUT2D eigenvalue weighted by Gasteiger charge is 2.14. The smallest absolute Gasteiger partial charge is 0.179 e. The van der Waals surface area contributed by atoms with E-state index in [1.165, 1.54) is 5.69 Å². The summed E-state index contributed by atoms with van der Waals surface area (Å²) in [5.74, 6) is 0. The van der Waals surface area contributed by atoms with E-state index in [4.69, 9.17) is 0 Å². The highest BCUT2D eigenvalue weighted by atomic mass is 15.2. The van der Waals surface area contributed by atoms with Crippen molar-refractivity contribution in [2.24, 2.45) is 0 Å². The molecule has 5 nitrogen and oxygen atoms in total. The van der Waals surface area contributed by atoms with E-state index in [9.17, 15) is 0 Å². The molecule has 0 saturated carbocycles. The van der Waals surface area contributed by atoms with E-state index in [0.717, 1.165) is 37.3 Å². The summed E-state index contributed by atoms with van der Waals surface area (Å²) in [5, 5.41) is 3.34. The molecule has 1 saturated heterocycles. The molecule has 2 N–H and O–H groups in total. The first kappa shape index (κ1) is 8.67. The molecular formula is C10H13N5. The molecule has 0 atom stereocenters. The van der Waals surface area contributed by atoms with Crippen molar-refractivity contribution in [3.8, 4) is 0 Å². The van der Waals surface area contributed by atoms with Gasteiger partial charge in [0.25, 0.3) is 0 Å². The van der Waals surface area contributed by atoms with Crippen LogP contribution < -0.4 is 10.2 Å². The molecule has 1 aliphatic heterocycles. The summed E-state index contributed by atoms with van der Waals surface area (Å²) in [4.78, 5) is 13.9. The van der Waals surface area contributed by atoms with Gasteiger partial charge in [-0.15, -0.1) is 0 Å². The van der Waals surface area contributed by atoms with Crippen LogP contribution in [0.1, 0.15) is 0 Å². The normalized spacial score (nSPS) is 17.2. The van der Waals surface area contributed by atoms with Gasteiger partial charge in [0.1, 0.15) is 5.52 Å². The highest BCUT2D eigenvalue weighted by Crippen LogP contribution is 2.22. The van der Waals surface area contributed by atoms with E-state index < -0.39 is 0 Å². The SMILES string of the molecule is c1cc(N2CCNCC2)c2[nH]cnc2n1. The molecule has 0 aliphatic carbocycles. The zero-order valence-corrected chi connectivity index (χ0v) is 8.40. The minimum Gasteiger partial charge on any atom is -0.367 e. The zero-order chi connectivity index (χ0) is 10.1. The number of fused-ring (bicyclic) bond motifs is 1. The van der Waals surface area contributed by atoms with Crippen LogP contribution in [0.3, 0.4) is 0 Å². The maximum atomic E-state index is 4.21. The third-order valence-electron chi connectivity index (χ3n) is 2.76. The third-order valence-corrected chi connectivity index (χ3v) is 2.76. The molecule has 2 aromatic rings. The van der Waals surface area contributed by atoms with Crippen LogP contribution in [0.4, 0.5) is 5.69 Å². The van der Waals surface area contributed by atoms with E-state index >= 15 is 0 Å². The molecule has 3 heterocycles. The standard InChI is InChI=1S/C10H13N5/c1-2-12-10-9(13-7-14-10)8(1)15-5-3-11-4-6-15/h1-2,7,11H,3-6H2,(H,12,13,14). The molecule has 1 fully saturated rings. The molecule has 2 aromatic heterocycles. The van der Waals surface area contributed by atoms with Crippen LogP contribution in [0.2, 0.25) is 0 Å². The van der Waals surface area contributed by atoms with Gasteiger partial charge < -0.3 is 15.2 Å². The van der Waals surface area contributed by atoms with E-state index in [2.05, 4.69) is 25.2 Å². The van der Waals surface area contributed by atoms with Gasteiger partial charge in [0.2, 0.25) is 0 Å². The number of nitrogens with zero attached hydrogens (tertiary/aromatic N) is 3. The molecule has 1 aliphatic rings. The van der Waals surface area contributed by atoms with Gasteiger partial charge in [-0.1, -0.05) is 0 Å². The predicted octanol–water partition coefficient (Wildman–Crippen LogP) is 0.367. The van der Waals surface area contributed by atoms with Crippen LogP contribution in [0.15, 0.2) is 18.6 Å². The fourth-order valence-electron chi connectivity index (χ4n) is 2.00. The van der Waals surface area contributed by atoms with Crippen LogP contribution in [0, 0.1) is 0 Å². The number of rotatable bonds is 1. The lowest BCUT2D eigenvalue weighted by atomic mass is 10.3. The Morgan fingerprint density at radius 3 is 2.93 bits per heavy atom. The van der Waals surface area contributed by atoms with Crippen LogP contribution >= 0.6 is 0 Å². The van der Waals surface area contributed by atoms with Gasteiger partial charge in [0, 0.05) is 32.4 Å². The van der Waals surface area contributed by atoms with Gasteiger partial charge in [-0.05, 0) is 6.07 Å². The highest BCUT2D eigenvalue weighted by molar-refractivity contribution is 5.85. The lowest BCUT2D eigenvalue weighted by Gasteiger charge is -2.29. The van der Waals surface area contributed by atoms with Crippen LogP contribution in [-0.4, -0.2) is 41.1 Å². The topological polar surface area (TPSA) is 56.8 Å². The first-order valence-corrected chi connectivity index (χ1v) is 5.19. The van der Waals surface area contributed by atoms with Gasteiger partial charge in [0.15, 0.2) is 5.65 Å². The largest absolute Gasteiger partial charge is 0.367 e. The van der Waals surface area contributed by atoms with Gasteiger partial charge in [-0.25, -0.2) is 9.97 Å². The number of aromatic nitrogens is 3. The third kappa shape index (κ3) is 1.45. The van der Waals surface area contributed by atoms with Crippen molar-refractivity contribution in [2.45, 2.75) is 0 Å². The van der Waals surface area contributed by atoms with Crippen molar-refractivity contribution in [1.82, 2.24) is 20.3 Å². The molecule has 0 aromatic carbocycles. The number of aromatic amines is 1. The lowest BCUT2D eigenvalue weighted by Crippen LogP contribution is -2.43.